The second kappa shape index (κ2) is 6.63. The van der Waals surface area contributed by atoms with E-state index in [4.69, 9.17) is 18.0 Å². The fourth-order valence-corrected chi connectivity index (χ4v) is 3.75. The second-order valence-corrected chi connectivity index (χ2v) is 6.13. The van der Waals surface area contributed by atoms with E-state index in [1.54, 1.807) is 11.3 Å². The van der Waals surface area contributed by atoms with Crippen molar-refractivity contribution in [3.05, 3.63) is 11.1 Å². The Bertz CT molecular complexity index is 424. The van der Waals surface area contributed by atoms with Crippen LogP contribution in [0, 0.1) is 0 Å². The zero-order valence-electron chi connectivity index (χ0n) is 11.6. The molecule has 0 saturated carbocycles. The molecule has 6 heteroatoms. The van der Waals surface area contributed by atoms with E-state index in [2.05, 4.69) is 34.0 Å². The van der Waals surface area contributed by atoms with Crippen LogP contribution in [0.5, 0.6) is 0 Å². The minimum atomic E-state index is 0.250. The number of aryl methyl sites for hydroxylation is 1. The summed E-state index contributed by atoms with van der Waals surface area (Å²) in [6.07, 6.45) is 2.00. The molecule has 0 aromatic carbocycles. The van der Waals surface area contributed by atoms with Crippen molar-refractivity contribution in [2.24, 2.45) is 5.73 Å². The fourth-order valence-electron chi connectivity index (χ4n) is 2.47. The molecule has 1 fully saturated rings. The third kappa shape index (κ3) is 3.43. The van der Waals surface area contributed by atoms with Crippen molar-refractivity contribution in [1.82, 2.24) is 9.88 Å². The van der Waals surface area contributed by atoms with Gasteiger partial charge in [0.25, 0.3) is 0 Å². The molecule has 0 aliphatic carbocycles. The Morgan fingerprint density at radius 3 is 2.58 bits per heavy atom. The first-order valence-electron chi connectivity index (χ1n) is 6.88. The molecule has 19 heavy (non-hydrogen) atoms. The van der Waals surface area contributed by atoms with Crippen LogP contribution in [-0.2, 0) is 6.42 Å². The summed E-state index contributed by atoms with van der Waals surface area (Å²) in [5, 5.41) is 3.31. The highest BCUT2D eigenvalue weighted by atomic mass is 32.1. The molecular weight excluding hydrogens is 276 g/mol. The number of nitrogens with zero attached hydrogens (tertiary/aromatic N) is 3. The summed E-state index contributed by atoms with van der Waals surface area (Å²) in [4.78, 5) is 10.0. The van der Waals surface area contributed by atoms with Gasteiger partial charge in [0, 0.05) is 31.6 Å². The first-order chi connectivity index (χ1) is 9.15. The molecule has 2 rings (SSSR count). The molecule has 0 bridgehead atoms. The van der Waals surface area contributed by atoms with Gasteiger partial charge < -0.3 is 10.6 Å². The summed E-state index contributed by atoms with van der Waals surface area (Å²) >= 11 is 6.90. The topological polar surface area (TPSA) is 45.4 Å². The summed E-state index contributed by atoms with van der Waals surface area (Å²) in [7, 11) is 0. The Morgan fingerprint density at radius 2 is 2.11 bits per heavy atom. The molecule has 1 aromatic rings. The average Bonchev–Trinajstić information content (AvgIpc) is 2.89. The third-order valence-corrected chi connectivity index (χ3v) is 4.86. The summed E-state index contributed by atoms with van der Waals surface area (Å²) < 4.78 is 0. The molecule has 1 aromatic heterocycles. The van der Waals surface area contributed by atoms with Gasteiger partial charge in [-0.1, -0.05) is 26.1 Å². The molecule has 2 N–H and O–H groups in total. The van der Waals surface area contributed by atoms with Crippen LogP contribution >= 0.6 is 23.6 Å². The number of nitrogens with two attached hydrogens (primary N) is 1. The second-order valence-electron chi connectivity index (χ2n) is 4.82. The van der Waals surface area contributed by atoms with Gasteiger partial charge in [-0.25, -0.2) is 4.98 Å². The molecule has 0 radical (unpaired) electrons. The zero-order chi connectivity index (χ0) is 13.8. The van der Waals surface area contributed by atoms with E-state index in [0.717, 1.165) is 44.2 Å². The van der Waals surface area contributed by atoms with Crippen molar-refractivity contribution in [3.8, 4) is 0 Å². The van der Waals surface area contributed by atoms with E-state index < -0.39 is 0 Å². The van der Waals surface area contributed by atoms with Crippen molar-refractivity contribution in [3.63, 3.8) is 0 Å². The smallest absolute Gasteiger partial charge is 0.185 e. The molecular formula is C13H22N4S2. The van der Waals surface area contributed by atoms with Crippen LogP contribution in [0.2, 0.25) is 0 Å². The maximum atomic E-state index is 5.81. The summed E-state index contributed by atoms with van der Waals surface area (Å²) in [5.74, 6) is 0. The SMILES string of the molecule is CCc1csc(N2CCN(C(CC)C(N)=S)CC2)n1. The predicted molar refractivity (Wildman–Crippen MR) is 86.1 cm³/mol. The molecule has 1 atom stereocenters. The number of thiocarbonyl (C=S) groups is 1. The van der Waals surface area contributed by atoms with Crippen LogP contribution < -0.4 is 10.6 Å². The van der Waals surface area contributed by atoms with E-state index in [9.17, 15) is 0 Å². The van der Waals surface area contributed by atoms with Gasteiger partial charge in [0.2, 0.25) is 0 Å². The van der Waals surface area contributed by atoms with Crippen molar-refractivity contribution in [2.75, 3.05) is 31.1 Å². The van der Waals surface area contributed by atoms with Gasteiger partial charge in [0.1, 0.15) is 0 Å². The van der Waals surface area contributed by atoms with E-state index in [1.807, 2.05) is 0 Å². The normalized spacial score (nSPS) is 18.5. The minimum absolute atomic E-state index is 0.250. The van der Waals surface area contributed by atoms with Gasteiger partial charge in [-0.05, 0) is 12.8 Å². The Hall–Kier alpha value is -0.720. The minimum Gasteiger partial charge on any atom is -0.392 e. The largest absolute Gasteiger partial charge is 0.392 e. The number of hydrogen-bond acceptors (Lipinski definition) is 5. The maximum absolute atomic E-state index is 5.81. The lowest BCUT2D eigenvalue weighted by molar-refractivity contribution is 0.224. The third-order valence-electron chi connectivity index (χ3n) is 3.64. The van der Waals surface area contributed by atoms with Gasteiger partial charge in [0.15, 0.2) is 5.13 Å². The molecule has 2 heterocycles. The highest BCUT2D eigenvalue weighted by molar-refractivity contribution is 7.80. The van der Waals surface area contributed by atoms with E-state index >= 15 is 0 Å². The van der Waals surface area contributed by atoms with Crippen LogP contribution in [0.25, 0.3) is 0 Å². The quantitative estimate of drug-likeness (QED) is 0.841. The fraction of sp³-hybridized carbons (Fsp3) is 0.692. The van der Waals surface area contributed by atoms with Crippen LogP contribution in [0.4, 0.5) is 5.13 Å². The summed E-state index contributed by atoms with van der Waals surface area (Å²) in [6, 6.07) is 0.250. The first-order valence-corrected chi connectivity index (χ1v) is 8.17. The first kappa shape index (κ1) is 14.7. The Labute approximate surface area is 124 Å². The number of rotatable bonds is 5. The predicted octanol–water partition coefficient (Wildman–Crippen LogP) is 1.89. The summed E-state index contributed by atoms with van der Waals surface area (Å²) in [5.41, 5.74) is 7.00. The average molecular weight is 298 g/mol. The number of anilines is 1. The Morgan fingerprint density at radius 1 is 1.42 bits per heavy atom. The number of hydrogen-bond donors (Lipinski definition) is 1. The van der Waals surface area contributed by atoms with Crippen LogP contribution in [0.3, 0.4) is 0 Å². The van der Waals surface area contributed by atoms with Crippen molar-refractivity contribution >= 4 is 33.7 Å². The maximum Gasteiger partial charge on any atom is 0.185 e. The van der Waals surface area contributed by atoms with Crippen molar-refractivity contribution in [2.45, 2.75) is 32.7 Å². The summed E-state index contributed by atoms with van der Waals surface area (Å²) in [6.45, 7) is 8.33. The molecule has 1 aliphatic heterocycles. The molecule has 0 amide bonds. The van der Waals surface area contributed by atoms with Gasteiger partial charge >= 0.3 is 0 Å². The monoisotopic (exact) mass is 298 g/mol. The lowest BCUT2D eigenvalue weighted by atomic mass is 10.1. The molecule has 0 spiro atoms. The van der Waals surface area contributed by atoms with E-state index in [-0.39, 0.29) is 6.04 Å². The number of thiazole rings is 1. The molecule has 1 unspecified atom stereocenters. The van der Waals surface area contributed by atoms with Gasteiger partial charge in [-0.3, -0.25) is 4.90 Å². The number of piperazine rings is 1. The van der Waals surface area contributed by atoms with Gasteiger partial charge in [0.05, 0.1) is 16.7 Å². The number of aromatic nitrogens is 1. The van der Waals surface area contributed by atoms with Crippen molar-refractivity contribution < 1.29 is 0 Å². The molecule has 1 saturated heterocycles. The highest BCUT2D eigenvalue weighted by Gasteiger charge is 2.25. The lowest BCUT2D eigenvalue weighted by Gasteiger charge is -2.38. The van der Waals surface area contributed by atoms with Crippen molar-refractivity contribution in [1.29, 1.82) is 0 Å². The Kier molecular flexibility index (Phi) is 5.13. The van der Waals surface area contributed by atoms with Crippen LogP contribution in [0.1, 0.15) is 26.0 Å². The zero-order valence-corrected chi connectivity index (χ0v) is 13.3. The van der Waals surface area contributed by atoms with E-state index in [0.29, 0.717) is 4.99 Å². The Balaban J connectivity index is 1.93. The molecule has 106 valence electrons. The highest BCUT2D eigenvalue weighted by Crippen LogP contribution is 2.22. The van der Waals surface area contributed by atoms with Crippen LogP contribution in [-0.4, -0.2) is 47.1 Å². The lowest BCUT2D eigenvalue weighted by Crippen LogP contribution is -2.53. The van der Waals surface area contributed by atoms with E-state index in [1.165, 1.54) is 5.69 Å². The van der Waals surface area contributed by atoms with Gasteiger partial charge in [-0.15, -0.1) is 11.3 Å². The van der Waals surface area contributed by atoms with Gasteiger partial charge in [-0.2, -0.15) is 0 Å². The molecule has 4 nitrogen and oxygen atoms in total. The molecule has 1 aliphatic rings. The van der Waals surface area contributed by atoms with Crippen LogP contribution in [0.15, 0.2) is 5.38 Å². The standard InChI is InChI=1S/C13H22N4S2/c1-3-10-9-19-13(15-10)17-7-5-16(6-8-17)11(4-2)12(14)18/h9,11H,3-8H2,1-2H3,(H2,14,18).